The van der Waals surface area contributed by atoms with Gasteiger partial charge in [-0.2, -0.15) is 0 Å². The highest BCUT2D eigenvalue weighted by atomic mass is 16.7. The number of hydrogen-bond acceptors (Lipinski definition) is 14. The fraction of sp³-hybridized carbons (Fsp3) is 0.977. The van der Waals surface area contributed by atoms with Crippen LogP contribution in [-0.4, -0.2) is 142 Å². The molecule has 0 radical (unpaired) electrons. The van der Waals surface area contributed by atoms with Crippen LogP contribution >= 0.6 is 0 Å². The fourth-order valence-electron chi connectivity index (χ4n) is 7.34. The van der Waals surface area contributed by atoms with Gasteiger partial charge in [-0.15, -0.1) is 0 Å². The Bertz CT molecular complexity index is 959. The van der Waals surface area contributed by atoms with Crippen molar-refractivity contribution in [2.75, 3.05) is 33.0 Å². The molecule has 0 amide bonds. The van der Waals surface area contributed by atoms with Gasteiger partial charge < -0.3 is 64.2 Å². The minimum atomic E-state index is -1.70. The molecule has 0 bridgehead atoms. The van der Waals surface area contributed by atoms with E-state index in [9.17, 15) is 40.5 Å². The molecule has 57 heavy (non-hydrogen) atoms. The Morgan fingerprint density at radius 2 is 0.930 bits per heavy atom. The molecule has 11 atom stereocenters. The first-order valence-electron chi connectivity index (χ1n) is 22.6. The number of carbonyl (C=O) groups is 1. The van der Waals surface area contributed by atoms with Crippen molar-refractivity contribution in [2.24, 2.45) is 0 Å². The maximum atomic E-state index is 12.9. The molecule has 0 aromatic carbocycles. The number of ether oxygens (including phenoxy) is 6. The van der Waals surface area contributed by atoms with Gasteiger partial charge in [0.15, 0.2) is 12.6 Å². The Labute approximate surface area is 342 Å². The SMILES string of the molecule is CCCCCCCCCCCCCCCCOCC(COC1OC(COC2OC(CO)C(O)C(O)C2O)C(O)C(O)C1O)OC(=O)CCCCCCCCCCC. The minimum Gasteiger partial charge on any atom is -0.457 e. The summed E-state index contributed by atoms with van der Waals surface area (Å²) in [4.78, 5) is 12.9. The molecule has 0 aliphatic carbocycles. The molecular formula is C43H82O14. The average molecular weight is 823 g/mol. The van der Waals surface area contributed by atoms with Crippen molar-refractivity contribution in [3.05, 3.63) is 0 Å². The summed E-state index contributed by atoms with van der Waals surface area (Å²) < 4.78 is 34.1. The highest BCUT2D eigenvalue weighted by molar-refractivity contribution is 5.69. The monoisotopic (exact) mass is 823 g/mol. The van der Waals surface area contributed by atoms with E-state index in [1.807, 2.05) is 0 Å². The molecule has 0 aromatic heterocycles. The van der Waals surface area contributed by atoms with E-state index in [0.29, 0.717) is 13.0 Å². The molecule has 14 nitrogen and oxygen atoms in total. The van der Waals surface area contributed by atoms with Crippen molar-refractivity contribution in [1.82, 2.24) is 0 Å². The molecule has 338 valence electrons. The lowest BCUT2D eigenvalue weighted by Gasteiger charge is -2.42. The number of hydrogen-bond donors (Lipinski definition) is 7. The summed E-state index contributed by atoms with van der Waals surface area (Å²) >= 11 is 0. The van der Waals surface area contributed by atoms with Crippen LogP contribution in [0.4, 0.5) is 0 Å². The van der Waals surface area contributed by atoms with Gasteiger partial charge in [0.05, 0.1) is 26.4 Å². The van der Waals surface area contributed by atoms with E-state index in [1.165, 1.54) is 103 Å². The molecule has 11 unspecified atom stereocenters. The maximum Gasteiger partial charge on any atom is 0.306 e. The van der Waals surface area contributed by atoms with Gasteiger partial charge in [0.1, 0.15) is 54.9 Å². The first-order valence-corrected chi connectivity index (χ1v) is 22.6. The standard InChI is InChI=1S/C43H82O14/c1-3-5-7-9-11-13-14-15-16-17-19-21-23-25-27-52-29-32(55-35(45)26-24-22-20-18-12-10-8-6-4-2)30-53-42-41(51)39(49)37(47)34(57-42)31-54-43-40(50)38(48)36(46)33(28-44)56-43/h32-34,36-44,46-51H,3-31H2,1-2H3. The molecule has 14 heteroatoms. The number of unbranched alkanes of at least 4 members (excludes halogenated alkanes) is 21. The van der Waals surface area contributed by atoms with E-state index < -0.39 is 80.7 Å². The van der Waals surface area contributed by atoms with Crippen LogP contribution in [0.25, 0.3) is 0 Å². The van der Waals surface area contributed by atoms with E-state index in [1.54, 1.807) is 0 Å². The van der Waals surface area contributed by atoms with Crippen molar-refractivity contribution < 1.29 is 69.0 Å². The zero-order valence-electron chi connectivity index (χ0n) is 35.3. The Morgan fingerprint density at radius 3 is 1.42 bits per heavy atom. The molecule has 2 heterocycles. The van der Waals surface area contributed by atoms with Crippen LogP contribution in [-0.2, 0) is 33.2 Å². The van der Waals surface area contributed by atoms with Gasteiger partial charge in [0, 0.05) is 13.0 Å². The summed E-state index contributed by atoms with van der Waals surface area (Å²) in [6, 6.07) is 0. The quantitative estimate of drug-likeness (QED) is 0.0333. The van der Waals surface area contributed by atoms with Gasteiger partial charge in [0.25, 0.3) is 0 Å². The van der Waals surface area contributed by atoms with E-state index in [2.05, 4.69) is 13.8 Å². The predicted molar refractivity (Wildman–Crippen MR) is 215 cm³/mol. The van der Waals surface area contributed by atoms with Crippen molar-refractivity contribution in [1.29, 1.82) is 0 Å². The normalized spacial score (nSPS) is 28.4. The number of rotatable bonds is 35. The van der Waals surface area contributed by atoms with Crippen molar-refractivity contribution in [3.8, 4) is 0 Å². The van der Waals surface area contributed by atoms with Gasteiger partial charge >= 0.3 is 5.97 Å². The molecule has 2 fully saturated rings. The summed E-state index contributed by atoms with van der Waals surface area (Å²) in [6.07, 6.45) is 11.8. The molecule has 0 aromatic rings. The lowest BCUT2D eigenvalue weighted by Crippen LogP contribution is -2.61. The van der Waals surface area contributed by atoms with Gasteiger partial charge in [-0.3, -0.25) is 4.79 Å². The summed E-state index contributed by atoms with van der Waals surface area (Å²) in [5.74, 6) is -0.377. The molecular weight excluding hydrogens is 740 g/mol. The fourth-order valence-corrected chi connectivity index (χ4v) is 7.34. The zero-order valence-corrected chi connectivity index (χ0v) is 35.3. The highest BCUT2D eigenvalue weighted by Crippen LogP contribution is 2.26. The van der Waals surface area contributed by atoms with Crippen molar-refractivity contribution in [3.63, 3.8) is 0 Å². The van der Waals surface area contributed by atoms with Crippen LogP contribution in [0.5, 0.6) is 0 Å². The van der Waals surface area contributed by atoms with E-state index in [-0.39, 0.29) is 25.6 Å². The van der Waals surface area contributed by atoms with Gasteiger partial charge in [-0.25, -0.2) is 0 Å². The van der Waals surface area contributed by atoms with Crippen molar-refractivity contribution in [2.45, 2.75) is 235 Å². The first kappa shape index (κ1) is 52.1. The third-order valence-corrected chi connectivity index (χ3v) is 11.1. The molecule has 7 N–H and O–H groups in total. The van der Waals surface area contributed by atoms with Crippen molar-refractivity contribution >= 4 is 5.97 Å². The minimum absolute atomic E-state index is 0.0690. The summed E-state index contributed by atoms with van der Waals surface area (Å²) in [5.41, 5.74) is 0. The summed E-state index contributed by atoms with van der Waals surface area (Å²) in [5, 5.41) is 71.8. The summed E-state index contributed by atoms with van der Waals surface area (Å²) in [7, 11) is 0. The Hall–Kier alpha value is -1.01. The third kappa shape index (κ3) is 21.9. The third-order valence-electron chi connectivity index (χ3n) is 11.1. The van der Waals surface area contributed by atoms with Gasteiger partial charge in [-0.05, 0) is 12.8 Å². The van der Waals surface area contributed by atoms with Gasteiger partial charge in [0.2, 0.25) is 0 Å². The number of esters is 1. The van der Waals surface area contributed by atoms with E-state index >= 15 is 0 Å². The second-order valence-corrected chi connectivity index (χ2v) is 16.2. The predicted octanol–water partition coefficient (Wildman–Crippen LogP) is 4.96. The van der Waals surface area contributed by atoms with Crippen LogP contribution in [0.15, 0.2) is 0 Å². The van der Waals surface area contributed by atoms with Crippen LogP contribution in [0.2, 0.25) is 0 Å². The van der Waals surface area contributed by atoms with Crippen LogP contribution in [0.1, 0.15) is 168 Å². The Balaban J connectivity index is 1.80. The summed E-state index contributed by atoms with van der Waals surface area (Å²) in [6.45, 7) is 3.67. The molecule has 2 aliphatic heterocycles. The second-order valence-electron chi connectivity index (χ2n) is 16.2. The first-order chi connectivity index (χ1) is 27.6. The zero-order chi connectivity index (χ0) is 41.7. The van der Waals surface area contributed by atoms with E-state index in [4.69, 9.17) is 28.4 Å². The van der Waals surface area contributed by atoms with Crippen LogP contribution in [0.3, 0.4) is 0 Å². The smallest absolute Gasteiger partial charge is 0.306 e. The molecule has 2 saturated heterocycles. The lowest BCUT2D eigenvalue weighted by molar-refractivity contribution is -0.332. The Morgan fingerprint density at radius 1 is 0.509 bits per heavy atom. The van der Waals surface area contributed by atoms with Gasteiger partial charge in [-0.1, -0.05) is 149 Å². The lowest BCUT2D eigenvalue weighted by atomic mass is 9.98. The molecule has 2 rings (SSSR count). The largest absolute Gasteiger partial charge is 0.457 e. The second kappa shape index (κ2) is 32.7. The molecule has 0 spiro atoms. The highest BCUT2D eigenvalue weighted by Gasteiger charge is 2.47. The van der Waals surface area contributed by atoms with Crippen LogP contribution in [0, 0.1) is 0 Å². The Kier molecular flexibility index (Phi) is 29.9. The topological polar surface area (TPSA) is 214 Å². The average Bonchev–Trinajstić information content (AvgIpc) is 3.20. The van der Waals surface area contributed by atoms with Crippen LogP contribution < -0.4 is 0 Å². The molecule has 2 aliphatic rings. The number of aliphatic hydroxyl groups is 7. The number of carbonyl (C=O) groups excluding carboxylic acids is 1. The maximum absolute atomic E-state index is 12.9. The molecule has 0 saturated carbocycles. The van der Waals surface area contributed by atoms with E-state index in [0.717, 1.165) is 38.5 Å². The number of aliphatic hydroxyl groups excluding tert-OH is 7.